The number of ether oxygens (including phenoxy) is 4. The van der Waals surface area contributed by atoms with Crippen molar-refractivity contribution in [3.8, 4) is 0 Å². The maximum atomic E-state index is 12.5. The monoisotopic (exact) mass is 440 g/mol. The van der Waals surface area contributed by atoms with Gasteiger partial charge in [-0.1, -0.05) is 40.2 Å². The first-order chi connectivity index (χ1) is 12.7. The standard InChI is InChI=1S/C19H21BrO7/c1-4-24-18(23)25-11-5-6-14(12-7-9-13(20)10-8-12)15-16(21)26-19(2,3)27-17(15)22/h5-10,14-15H,4,11H2,1-3H3/b6-5+/t14-/m0/s1. The summed E-state index contributed by atoms with van der Waals surface area (Å²) in [4.78, 5) is 36.2. The fraction of sp³-hybridized carbons (Fsp3) is 0.421. The highest BCUT2D eigenvalue weighted by atomic mass is 79.9. The van der Waals surface area contributed by atoms with E-state index in [0.29, 0.717) is 5.56 Å². The van der Waals surface area contributed by atoms with E-state index in [1.165, 1.54) is 13.8 Å². The molecule has 1 aliphatic heterocycles. The predicted octanol–water partition coefficient (Wildman–Crippen LogP) is 3.71. The van der Waals surface area contributed by atoms with Crippen LogP contribution in [0.2, 0.25) is 0 Å². The number of allylic oxidation sites excluding steroid dienone is 1. The van der Waals surface area contributed by atoms with Gasteiger partial charge in [-0.3, -0.25) is 9.59 Å². The zero-order valence-electron chi connectivity index (χ0n) is 15.3. The molecule has 0 radical (unpaired) electrons. The maximum Gasteiger partial charge on any atom is 0.508 e. The van der Waals surface area contributed by atoms with E-state index in [2.05, 4.69) is 20.7 Å². The van der Waals surface area contributed by atoms with Crippen LogP contribution in [0.1, 0.15) is 32.3 Å². The molecule has 27 heavy (non-hydrogen) atoms. The lowest BCUT2D eigenvalue weighted by atomic mass is 9.85. The number of esters is 2. The SMILES string of the molecule is CCOC(=O)OC/C=C/[C@@H](c1ccc(Br)cc1)C1C(=O)OC(C)(C)OC1=O. The Balaban J connectivity index is 2.22. The number of cyclic esters (lactones) is 2. The Morgan fingerprint density at radius 2 is 1.78 bits per heavy atom. The molecule has 0 aliphatic carbocycles. The second-order valence-electron chi connectivity index (χ2n) is 6.22. The van der Waals surface area contributed by atoms with Crippen LogP contribution in [-0.4, -0.2) is 37.1 Å². The van der Waals surface area contributed by atoms with Crippen LogP contribution in [0.25, 0.3) is 0 Å². The lowest BCUT2D eigenvalue weighted by molar-refractivity contribution is -0.240. The largest absolute Gasteiger partial charge is 0.508 e. The Hall–Kier alpha value is -2.35. The fourth-order valence-electron chi connectivity index (χ4n) is 2.60. The molecule has 8 heteroatoms. The first-order valence-electron chi connectivity index (χ1n) is 8.41. The molecule has 1 aromatic rings. The zero-order valence-corrected chi connectivity index (χ0v) is 16.9. The molecule has 1 heterocycles. The van der Waals surface area contributed by atoms with Gasteiger partial charge >= 0.3 is 18.1 Å². The lowest BCUT2D eigenvalue weighted by Gasteiger charge is -2.35. The second kappa shape index (κ2) is 9.03. The van der Waals surface area contributed by atoms with Gasteiger partial charge in [0, 0.05) is 24.2 Å². The van der Waals surface area contributed by atoms with Gasteiger partial charge in [0.05, 0.1) is 6.61 Å². The molecule has 1 aliphatic rings. The Bertz CT molecular complexity index is 704. The molecule has 0 amide bonds. The number of carbonyl (C=O) groups is 3. The minimum absolute atomic E-state index is 0.0613. The van der Waals surface area contributed by atoms with Crippen molar-refractivity contribution in [2.24, 2.45) is 5.92 Å². The molecule has 0 spiro atoms. The van der Waals surface area contributed by atoms with Crippen LogP contribution in [0.3, 0.4) is 0 Å². The minimum atomic E-state index is -1.30. The van der Waals surface area contributed by atoms with E-state index >= 15 is 0 Å². The molecular formula is C19H21BrO7. The van der Waals surface area contributed by atoms with Crippen LogP contribution in [0.15, 0.2) is 40.9 Å². The van der Waals surface area contributed by atoms with Crippen molar-refractivity contribution in [1.29, 1.82) is 0 Å². The van der Waals surface area contributed by atoms with Crippen molar-refractivity contribution >= 4 is 34.0 Å². The fourth-order valence-corrected chi connectivity index (χ4v) is 2.86. The molecular weight excluding hydrogens is 420 g/mol. The molecule has 1 saturated heterocycles. The van der Waals surface area contributed by atoms with Gasteiger partial charge in [-0.25, -0.2) is 4.79 Å². The van der Waals surface area contributed by atoms with Crippen molar-refractivity contribution in [1.82, 2.24) is 0 Å². The van der Waals surface area contributed by atoms with Crippen molar-refractivity contribution in [2.75, 3.05) is 13.2 Å². The summed E-state index contributed by atoms with van der Waals surface area (Å²) in [7, 11) is 0. The van der Waals surface area contributed by atoms with E-state index in [9.17, 15) is 14.4 Å². The maximum absolute atomic E-state index is 12.5. The quantitative estimate of drug-likeness (QED) is 0.378. The minimum Gasteiger partial charge on any atom is -0.435 e. The number of hydrogen-bond acceptors (Lipinski definition) is 7. The van der Waals surface area contributed by atoms with Crippen LogP contribution < -0.4 is 0 Å². The van der Waals surface area contributed by atoms with Crippen molar-refractivity contribution in [2.45, 2.75) is 32.5 Å². The van der Waals surface area contributed by atoms with Gasteiger partial charge in [0.25, 0.3) is 5.79 Å². The van der Waals surface area contributed by atoms with Gasteiger partial charge in [0.2, 0.25) is 0 Å². The van der Waals surface area contributed by atoms with E-state index < -0.39 is 35.7 Å². The molecule has 0 aromatic heterocycles. The van der Waals surface area contributed by atoms with Gasteiger partial charge in [-0.2, -0.15) is 0 Å². The molecule has 0 N–H and O–H groups in total. The summed E-state index contributed by atoms with van der Waals surface area (Å²) < 4.78 is 20.9. The molecule has 1 atom stereocenters. The molecule has 0 saturated carbocycles. The number of benzene rings is 1. The Morgan fingerprint density at radius 1 is 1.19 bits per heavy atom. The van der Waals surface area contributed by atoms with E-state index in [-0.39, 0.29) is 13.2 Å². The molecule has 1 aromatic carbocycles. The van der Waals surface area contributed by atoms with E-state index in [4.69, 9.17) is 14.2 Å². The molecule has 2 rings (SSSR count). The highest BCUT2D eigenvalue weighted by Crippen LogP contribution is 2.34. The average Bonchev–Trinajstić information content (AvgIpc) is 2.56. The Morgan fingerprint density at radius 3 is 2.33 bits per heavy atom. The molecule has 0 unspecified atom stereocenters. The van der Waals surface area contributed by atoms with Crippen molar-refractivity contribution < 1.29 is 33.3 Å². The highest BCUT2D eigenvalue weighted by Gasteiger charge is 2.46. The molecule has 7 nitrogen and oxygen atoms in total. The average molecular weight is 441 g/mol. The first kappa shape index (κ1) is 21.0. The van der Waals surface area contributed by atoms with Gasteiger partial charge in [-0.05, 0) is 24.6 Å². The van der Waals surface area contributed by atoms with Gasteiger partial charge in [0.1, 0.15) is 6.61 Å². The summed E-state index contributed by atoms with van der Waals surface area (Å²) in [6.45, 7) is 4.81. The van der Waals surface area contributed by atoms with E-state index in [1.54, 1.807) is 43.3 Å². The van der Waals surface area contributed by atoms with E-state index in [1.807, 2.05) is 0 Å². The van der Waals surface area contributed by atoms with E-state index in [0.717, 1.165) is 4.47 Å². The molecule has 146 valence electrons. The summed E-state index contributed by atoms with van der Waals surface area (Å²) in [5, 5.41) is 0. The number of rotatable bonds is 6. The summed E-state index contributed by atoms with van der Waals surface area (Å²) in [5.41, 5.74) is 0.712. The third-order valence-electron chi connectivity index (χ3n) is 3.72. The second-order valence-corrected chi connectivity index (χ2v) is 7.13. The summed E-state index contributed by atoms with van der Waals surface area (Å²) in [6.07, 6.45) is 2.37. The smallest absolute Gasteiger partial charge is 0.435 e. The Labute approximate surface area is 165 Å². The third-order valence-corrected chi connectivity index (χ3v) is 4.25. The lowest BCUT2D eigenvalue weighted by Crippen LogP contribution is -2.48. The molecule has 0 bridgehead atoms. The predicted molar refractivity (Wildman–Crippen MR) is 98.8 cm³/mol. The van der Waals surface area contributed by atoms with Crippen LogP contribution in [0.4, 0.5) is 4.79 Å². The third kappa shape index (κ3) is 5.82. The van der Waals surface area contributed by atoms with Gasteiger partial charge in [0.15, 0.2) is 5.92 Å². The topological polar surface area (TPSA) is 88.1 Å². The van der Waals surface area contributed by atoms with Gasteiger partial charge < -0.3 is 18.9 Å². The van der Waals surface area contributed by atoms with Crippen molar-refractivity contribution in [3.05, 3.63) is 46.5 Å². The molecule has 1 fully saturated rings. The number of carbonyl (C=O) groups excluding carboxylic acids is 3. The summed E-state index contributed by atoms with van der Waals surface area (Å²) >= 11 is 3.35. The van der Waals surface area contributed by atoms with Crippen molar-refractivity contribution in [3.63, 3.8) is 0 Å². The highest BCUT2D eigenvalue weighted by molar-refractivity contribution is 9.10. The number of hydrogen-bond donors (Lipinski definition) is 0. The van der Waals surface area contributed by atoms with Crippen LogP contribution in [0, 0.1) is 5.92 Å². The first-order valence-corrected chi connectivity index (χ1v) is 9.20. The Kier molecular flexibility index (Phi) is 7.01. The number of halogens is 1. The summed E-state index contributed by atoms with van der Waals surface area (Å²) in [5.74, 6) is -4.43. The van der Waals surface area contributed by atoms with Crippen LogP contribution >= 0.6 is 15.9 Å². The zero-order chi connectivity index (χ0) is 20.0. The van der Waals surface area contributed by atoms with Crippen LogP contribution in [0.5, 0.6) is 0 Å². The van der Waals surface area contributed by atoms with Gasteiger partial charge in [-0.15, -0.1) is 0 Å². The normalized spacial score (nSPS) is 17.9. The van der Waals surface area contributed by atoms with Crippen LogP contribution in [-0.2, 0) is 28.5 Å². The summed E-state index contributed by atoms with van der Waals surface area (Å²) in [6, 6.07) is 7.17.